The number of hydrogen-bond acceptors (Lipinski definition) is 8. The normalized spacial score (nSPS) is 12.2. The standard InChI is InChI=1S/C17H15N5O4S/c1-10(19-17-20-13-4-2-3-5-15(13)27-17)16(24)21-18-9-11-8-12(22(25)26)6-7-14(11)23/h2-10,23H,1H3,(H,19,20)(H,21,24)/p-1/b18-9-/t10-/m0/s1. The van der Waals surface area contributed by atoms with Crippen molar-refractivity contribution in [2.75, 3.05) is 5.32 Å². The molecule has 2 aromatic carbocycles. The summed E-state index contributed by atoms with van der Waals surface area (Å²) in [5, 5.41) is 29.7. The molecule has 9 nitrogen and oxygen atoms in total. The van der Waals surface area contributed by atoms with Crippen molar-refractivity contribution in [3.05, 3.63) is 58.1 Å². The second-order valence-electron chi connectivity index (χ2n) is 5.57. The lowest BCUT2D eigenvalue weighted by molar-refractivity contribution is -0.385. The summed E-state index contributed by atoms with van der Waals surface area (Å²) < 4.78 is 0.999. The van der Waals surface area contributed by atoms with E-state index in [0.717, 1.165) is 34.6 Å². The van der Waals surface area contributed by atoms with Gasteiger partial charge in [0.05, 0.1) is 21.4 Å². The zero-order chi connectivity index (χ0) is 19.4. The number of carbonyl (C=O) groups is 1. The minimum atomic E-state index is -0.625. The number of para-hydroxylation sites is 1. The maximum atomic E-state index is 12.1. The van der Waals surface area contributed by atoms with Gasteiger partial charge in [-0.25, -0.2) is 10.4 Å². The number of carbonyl (C=O) groups excluding carboxylic acids is 1. The van der Waals surface area contributed by atoms with Gasteiger partial charge in [0.1, 0.15) is 6.04 Å². The molecule has 0 radical (unpaired) electrons. The number of fused-ring (bicyclic) bond motifs is 1. The van der Waals surface area contributed by atoms with Gasteiger partial charge in [-0.3, -0.25) is 14.9 Å². The highest BCUT2D eigenvalue weighted by Crippen LogP contribution is 2.25. The van der Waals surface area contributed by atoms with Crippen LogP contribution in [-0.4, -0.2) is 28.1 Å². The van der Waals surface area contributed by atoms with Crippen molar-refractivity contribution in [2.45, 2.75) is 13.0 Å². The van der Waals surface area contributed by atoms with Crippen molar-refractivity contribution >= 4 is 44.5 Å². The Labute approximate surface area is 157 Å². The number of anilines is 1. The van der Waals surface area contributed by atoms with Crippen molar-refractivity contribution in [2.24, 2.45) is 5.10 Å². The number of thiazole rings is 1. The number of rotatable bonds is 6. The van der Waals surface area contributed by atoms with Crippen LogP contribution in [0.15, 0.2) is 47.6 Å². The number of nitro benzene ring substituents is 1. The molecule has 1 aromatic heterocycles. The van der Waals surface area contributed by atoms with Gasteiger partial charge < -0.3 is 10.4 Å². The molecule has 3 rings (SSSR count). The number of nitrogens with zero attached hydrogens (tertiary/aromatic N) is 3. The zero-order valence-corrected chi connectivity index (χ0v) is 14.9. The average Bonchev–Trinajstić information content (AvgIpc) is 3.05. The van der Waals surface area contributed by atoms with E-state index < -0.39 is 22.6 Å². The van der Waals surface area contributed by atoms with Gasteiger partial charge in [-0.05, 0) is 24.6 Å². The second-order valence-corrected chi connectivity index (χ2v) is 6.60. The Bertz CT molecular complexity index is 1000. The Morgan fingerprint density at radius 2 is 2.11 bits per heavy atom. The number of amides is 1. The summed E-state index contributed by atoms with van der Waals surface area (Å²) in [5.41, 5.74) is 2.92. The first-order chi connectivity index (χ1) is 12.9. The van der Waals surface area contributed by atoms with Gasteiger partial charge >= 0.3 is 0 Å². The first-order valence-corrected chi connectivity index (χ1v) is 8.66. The summed E-state index contributed by atoms with van der Waals surface area (Å²) >= 11 is 1.42. The molecule has 2 N–H and O–H groups in total. The van der Waals surface area contributed by atoms with Crippen LogP contribution >= 0.6 is 11.3 Å². The van der Waals surface area contributed by atoms with Gasteiger partial charge in [0, 0.05) is 12.1 Å². The highest BCUT2D eigenvalue weighted by molar-refractivity contribution is 7.22. The molecule has 1 amide bonds. The number of nitro groups is 1. The minimum absolute atomic E-state index is 0.0104. The molecule has 0 aliphatic rings. The molecule has 0 bridgehead atoms. The molecule has 3 aromatic rings. The van der Waals surface area contributed by atoms with E-state index in [-0.39, 0.29) is 11.3 Å². The highest BCUT2D eigenvalue weighted by atomic mass is 32.1. The lowest BCUT2D eigenvalue weighted by Gasteiger charge is -2.11. The SMILES string of the molecule is C[C@H](Nc1nc2ccccc2s1)C(=O)N/N=C\c1cc([N+](=O)[O-])ccc1[O-]. The van der Waals surface area contributed by atoms with Crippen molar-refractivity contribution in [3.8, 4) is 5.75 Å². The molecule has 0 saturated heterocycles. The van der Waals surface area contributed by atoms with E-state index in [4.69, 9.17) is 0 Å². The molecule has 27 heavy (non-hydrogen) atoms. The second kappa shape index (κ2) is 7.79. The zero-order valence-electron chi connectivity index (χ0n) is 14.1. The van der Waals surface area contributed by atoms with Crippen LogP contribution in [0.4, 0.5) is 10.8 Å². The molecule has 0 aliphatic heterocycles. The molecule has 0 saturated carbocycles. The van der Waals surface area contributed by atoms with Crippen molar-refractivity contribution in [1.29, 1.82) is 0 Å². The summed E-state index contributed by atoms with van der Waals surface area (Å²) in [6.45, 7) is 1.64. The number of non-ortho nitro benzene ring substituents is 1. The lowest BCUT2D eigenvalue weighted by atomic mass is 10.2. The number of benzene rings is 2. The Kier molecular flexibility index (Phi) is 5.27. The van der Waals surface area contributed by atoms with Crippen LogP contribution in [0.25, 0.3) is 10.2 Å². The summed E-state index contributed by atoms with van der Waals surface area (Å²) in [6.07, 6.45) is 1.08. The smallest absolute Gasteiger partial charge is 0.270 e. The predicted molar refractivity (Wildman–Crippen MR) is 101 cm³/mol. The average molecular weight is 384 g/mol. The first-order valence-electron chi connectivity index (χ1n) is 7.84. The topological polar surface area (TPSA) is 133 Å². The number of hydrazone groups is 1. The molecular formula is C17H14N5O4S-. The molecule has 10 heteroatoms. The molecule has 1 atom stereocenters. The fourth-order valence-electron chi connectivity index (χ4n) is 2.20. The van der Waals surface area contributed by atoms with Gasteiger partial charge in [-0.2, -0.15) is 5.10 Å². The van der Waals surface area contributed by atoms with E-state index in [2.05, 4.69) is 20.8 Å². The summed E-state index contributed by atoms with van der Waals surface area (Å²) in [6, 6.07) is 10.3. The third-order valence-corrected chi connectivity index (χ3v) is 4.58. The van der Waals surface area contributed by atoms with Crippen molar-refractivity contribution in [1.82, 2.24) is 10.4 Å². The van der Waals surface area contributed by atoms with Gasteiger partial charge in [0.15, 0.2) is 5.13 Å². The highest BCUT2D eigenvalue weighted by Gasteiger charge is 2.14. The van der Waals surface area contributed by atoms with Gasteiger partial charge in [0.2, 0.25) is 0 Å². The number of nitrogens with one attached hydrogen (secondary N) is 2. The van der Waals surface area contributed by atoms with Crippen molar-refractivity contribution in [3.63, 3.8) is 0 Å². The van der Waals surface area contributed by atoms with Crippen molar-refractivity contribution < 1.29 is 14.8 Å². The van der Waals surface area contributed by atoms with E-state index in [1.807, 2.05) is 24.3 Å². The molecule has 138 valence electrons. The van der Waals surface area contributed by atoms with E-state index in [0.29, 0.717) is 5.13 Å². The van der Waals surface area contributed by atoms with Crippen LogP contribution in [0.3, 0.4) is 0 Å². The van der Waals surface area contributed by atoms with Gasteiger partial charge in [-0.1, -0.05) is 35.3 Å². The van der Waals surface area contributed by atoms with E-state index >= 15 is 0 Å². The van der Waals surface area contributed by atoms with E-state index in [1.165, 1.54) is 11.3 Å². The van der Waals surface area contributed by atoms with Crippen LogP contribution in [0.5, 0.6) is 5.75 Å². The third-order valence-electron chi connectivity index (χ3n) is 3.61. The largest absolute Gasteiger partial charge is 0.872 e. The molecule has 0 spiro atoms. The Hall–Kier alpha value is -3.53. The van der Waals surface area contributed by atoms with Gasteiger partial charge in [-0.15, -0.1) is 0 Å². The van der Waals surface area contributed by atoms with Crippen LogP contribution < -0.4 is 15.8 Å². The van der Waals surface area contributed by atoms with E-state index in [9.17, 15) is 20.0 Å². The monoisotopic (exact) mass is 384 g/mol. The van der Waals surface area contributed by atoms with Gasteiger partial charge in [0.25, 0.3) is 11.6 Å². The molecule has 0 aliphatic carbocycles. The van der Waals surface area contributed by atoms with Crippen LogP contribution in [0, 0.1) is 10.1 Å². The van der Waals surface area contributed by atoms with E-state index in [1.54, 1.807) is 6.92 Å². The fourth-order valence-corrected chi connectivity index (χ4v) is 3.15. The summed E-state index contributed by atoms with van der Waals surface area (Å²) in [7, 11) is 0. The molecule has 1 heterocycles. The molecular weight excluding hydrogens is 370 g/mol. The lowest BCUT2D eigenvalue weighted by Crippen LogP contribution is -2.34. The fraction of sp³-hybridized carbons (Fsp3) is 0.118. The minimum Gasteiger partial charge on any atom is -0.872 e. The molecule has 0 fully saturated rings. The maximum Gasteiger partial charge on any atom is 0.270 e. The van der Waals surface area contributed by atoms with Crippen LogP contribution in [-0.2, 0) is 4.79 Å². The quantitative estimate of drug-likeness (QED) is 0.380. The number of aromatic nitrogens is 1. The van der Waals surface area contributed by atoms with Crippen LogP contribution in [0.2, 0.25) is 0 Å². The van der Waals surface area contributed by atoms with Crippen LogP contribution in [0.1, 0.15) is 12.5 Å². The Morgan fingerprint density at radius 3 is 2.85 bits per heavy atom. The number of hydrogen-bond donors (Lipinski definition) is 2. The third kappa shape index (κ3) is 4.36. The maximum absolute atomic E-state index is 12.1. The Morgan fingerprint density at radius 1 is 1.33 bits per heavy atom. The summed E-state index contributed by atoms with van der Waals surface area (Å²) in [5.74, 6) is -0.873. The summed E-state index contributed by atoms with van der Waals surface area (Å²) in [4.78, 5) is 26.6. The first kappa shape index (κ1) is 18.3. The predicted octanol–water partition coefficient (Wildman–Crippen LogP) is 2.23. The Balaban J connectivity index is 1.62. The molecule has 0 unspecified atom stereocenters.